The maximum Gasteiger partial charge on any atom is 0.137 e. The molecule has 24 heavy (non-hydrogen) atoms. The lowest BCUT2D eigenvalue weighted by atomic mass is 9.97. The van der Waals surface area contributed by atoms with Crippen molar-refractivity contribution in [2.45, 2.75) is 31.8 Å². The van der Waals surface area contributed by atoms with Crippen LogP contribution in [-0.4, -0.2) is 32.8 Å². The van der Waals surface area contributed by atoms with Crippen LogP contribution in [0.2, 0.25) is 0 Å². The Bertz CT molecular complexity index is 751. The van der Waals surface area contributed by atoms with Crippen LogP contribution in [0.15, 0.2) is 54.2 Å². The van der Waals surface area contributed by atoms with E-state index >= 15 is 0 Å². The summed E-state index contributed by atoms with van der Waals surface area (Å²) in [6.45, 7) is 4.16. The number of piperidine rings is 1. The molecule has 0 radical (unpaired) electrons. The predicted octanol–water partition coefficient (Wildman–Crippen LogP) is 3.77. The Hall–Kier alpha value is -1.98. The Balaban J connectivity index is 1.46. The molecule has 3 heterocycles. The maximum absolute atomic E-state index is 4.46. The highest BCUT2D eigenvalue weighted by Crippen LogP contribution is 2.27. The molecule has 4 rings (SSSR count). The highest BCUT2D eigenvalue weighted by molar-refractivity contribution is 7.09. The largest absolute Gasteiger partial charge is 0.313 e. The number of likely N-dealkylation sites (tertiary alicyclic amines) is 1. The summed E-state index contributed by atoms with van der Waals surface area (Å²) in [5.74, 6) is 1.61. The first-order valence-corrected chi connectivity index (χ1v) is 9.43. The first-order valence-electron chi connectivity index (χ1n) is 8.55. The Morgan fingerprint density at radius 1 is 1.08 bits per heavy atom. The summed E-state index contributed by atoms with van der Waals surface area (Å²) in [5, 5.41) is 10.8. The van der Waals surface area contributed by atoms with Gasteiger partial charge in [-0.25, -0.2) is 0 Å². The van der Waals surface area contributed by atoms with Gasteiger partial charge < -0.3 is 4.57 Å². The zero-order valence-corrected chi connectivity index (χ0v) is 14.5. The van der Waals surface area contributed by atoms with Crippen LogP contribution >= 0.6 is 11.3 Å². The Morgan fingerprint density at radius 2 is 2.00 bits per heavy atom. The molecule has 0 bridgehead atoms. The van der Waals surface area contributed by atoms with Gasteiger partial charge in [-0.3, -0.25) is 4.90 Å². The molecule has 0 aliphatic carbocycles. The van der Waals surface area contributed by atoms with Gasteiger partial charge in [-0.05, 0) is 36.4 Å². The fourth-order valence-electron chi connectivity index (χ4n) is 3.51. The zero-order chi connectivity index (χ0) is 16.2. The predicted molar refractivity (Wildman–Crippen MR) is 97.1 cm³/mol. The van der Waals surface area contributed by atoms with Crippen molar-refractivity contribution in [1.29, 1.82) is 0 Å². The normalized spacial score (nSPS) is 18.8. The minimum Gasteiger partial charge on any atom is -0.313 e. The lowest BCUT2D eigenvalue weighted by Crippen LogP contribution is -2.34. The number of benzene rings is 1. The standard InChI is InChI=1S/C19H22N4S/c1-2-6-16(7-3-1)12-23-15-20-21-19(23)17-8-4-10-22(13-17)14-18-9-5-11-24-18/h1-3,5-7,9,11,15,17H,4,8,10,12-14H2/t17-/m1/s1. The van der Waals surface area contributed by atoms with Gasteiger partial charge in [0.05, 0.1) is 6.54 Å². The third-order valence-electron chi connectivity index (χ3n) is 4.67. The van der Waals surface area contributed by atoms with Crippen LogP contribution < -0.4 is 0 Å². The van der Waals surface area contributed by atoms with E-state index in [1.165, 1.54) is 29.8 Å². The van der Waals surface area contributed by atoms with Gasteiger partial charge in [-0.15, -0.1) is 21.5 Å². The Labute approximate surface area is 146 Å². The van der Waals surface area contributed by atoms with Gasteiger partial charge in [-0.1, -0.05) is 36.4 Å². The number of hydrogen-bond acceptors (Lipinski definition) is 4. The van der Waals surface area contributed by atoms with Crippen molar-refractivity contribution in [2.24, 2.45) is 0 Å². The van der Waals surface area contributed by atoms with Gasteiger partial charge in [0.1, 0.15) is 12.2 Å². The number of aromatic nitrogens is 3. The summed E-state index contributed by atoms with van der Waals surface area (Å²) in [4.78, 5) is 4.00. The average molecular weight is 338 g/mol. The van der Waals surface area contributed by atoms with Crippen LogP contribution in [0.4, 0.5) is 0 Å². The molecule has 5 heteroatoms. The van der Waals surface area contributed by atoms with E-state index in [0.717, 1.165) is 25.5 Å². The molecule has 124 valence electrons. The quantitative estimate of drug-likeness (QED) is 0.710. The number of hydrogen-bond donors (Lipinski definition) is 0. The van der Waals surface area contributed by atoms with Crippen LogP contribution in [0.25, 0.3) is 0 Å². The molecule has 1 aliphatic rings. The van der Waals surface area contributed by atoms with Gasteiger partial charge >= 0.3 is 0 Å². The lowest BCUT2D eigenvalue weighted by molar-refractivity contribution is 0.196. The number of thiophene rings is 1. The van der Waals surface area contributed by atoms with Gasteiger partial charge in [0.2, 0.25) is 0 Å². The van der Waals surface area contributed by atoms with Crippen molar-refractivity contribution in [3.05, 3.63) is 70.4 Å². The summed E-state index contributed by atoms with van der Waals surface area (Å²) >= 11 is 1.85. The van der Waals surface area contributed by atoms with Gasteiger partial charge in [-0.2, -0.15) is 0 Å². The fraction of sp³-hybridized carbons (Fsp3) is 0.368. The van der Waals surface area contributed by atoms with Gasteiger partial charge in [0, 0.05) is 23.9 Å². The minimum atomic E-state index is 0.477. The lowest BCUT2D eigenvalue weighted by Gasteiger charge is -2.32. The maximum atomic E-state index is 4.46. The summed E-state index contributed by atoms with van der Waals surface area (Å²) in [7, 11) is 0. The first-order chi connectivity index (χ1) is 11.9. The van der Waals surface area contributed by atoms with Crippen LogP contribution in [0.1, 0.15) is 35.0 Å². The molecule has 2 aromatic heterocycles. The number of rotatable bonds is 5. The summed E-state index contributed by atoms with van der Waals surface area (Å²) in [6, 6.07) is 14.9. The second kappa shape index (κ2) is 7.28. The van der Waals surface area contributed by atoms with Crippen molar-refractivity contribution in [3.63, 3.8) is 0 Å². The molecular formula is C19H22N4S. The highest BCUT2D eigenvalue weighted by atomic mass is 32.1. The monoisotopic (exact) mass is 338 g/mol. The molecule has 1 aliphatic heterocycles. The van der Waals surface area contributed by atoms with Crippen molar-refractivity contribution < 1.29 is 0 Å². The minimum absolute atomic E-state index is 0.477. The van der Waals surface area contributed by atoms with Crippen molar-refractivity contribution in [2.75, 3.05) is 13.1 Å². The second-order valence-corrected chi connectivity index (χ2v) is 7.49. The summed E-state index contributed by atoms with van der Waals surface area (Å²) < 4.78 is 2.22. The molecular weight excluding hydrogens is 316 g/mol. The van der Waals surface area contributed by atoms with Crippen molar-refractivity contribution in [1.82, 2.24) is 19.7 Å². The van der Waals surface area contributed by atoms with Crippen LogP contribution in [-0.2, 0) is 13.1 Å². The topological polar surface area (TPSA) is 34.0 Å². The molecule has 0 saturated carbocycles. The molecule has 4 nitrogen and oxygen atoms in total. The van der Waals surface area contributed by atoms with Crippen LogP contribution in [0, 0.1) is 0 Å². The molecule has 0 unspecified atom stereocenters. The second-order valence-electron chi connectivity index (χ2n) is 6.46. The number of nitrogens with zero attached hydrogens (tertiary/aromatic N) is 4. The van der Waals surface area contributed by atoms with E-state index in [1.54, 1.807) is 0 Å². The van der Waals surface area contributed by atoms with E-state index in [0.29, 0.717) is 5.92 Å². The third-order valence-corrected chi connectivity index (χ3v) is 5.53. The van der Waals surface area contributed by atoms with Crippen LogP contribution in [0.5, 0.6) is 0 Å². The van der Waals surface area contributed by atoms with E-state index < -0.39 is 0 Å². The molecule has 3 aromatic rings. The third kappa shape index (κ3) is 3.57. The van der Waals surface area contributed by atoms with Crippen molar-refractivity contribution in [3.8, 4) is 0 Å². The smallest absolute Gasteiger partial charge is 0.137 e. The molecule has 1 atom stereocenters. The van der Waals surface area contributed by atoms with E-state index in [2.05, 4.69) is 67.5 Å². The molecule has 1 fully saturated rings. The molecule has 0 N–H and O–H groups in total. The average Bonchev–Trinajstić information content (AvgIpc) is 3.28. The SMILES string of the molecule is c1ccc(Cn2cnnc2[C@@H]2CCCN(Cc3cccs3)C2)cc1. The van der Waals surface area contributed by atoms with E-state index in [1.807, 2.05) is 17.7 Å². The van der Waals surface area contributed by atoms with Crippen molar-refractivity contribution >= 4 is 11.3 Å². The molecule has 1 saturated heterocycles. The Kier molecular flexibility index (Phi) is 4.71. The summed E-state index contributed by atoms with van der Waals surface area (Å²) in [6.07, 6.45) is 4.31. The fourth-order valence-corrected chi connectivity index (χ4v) is 4.26. The highest BCUT2D eigenvalue weighted by Gasteiger charge is 2.25. The first kappa shape index (κ1) is 15.5. The molecule has 1 aromatic carbocycles. The van der Waals surface area contributed by atoms with Gasteiger partial charge in [0.25, 0.3) is 0 Å². The molecule has 0 amide bonds. The van der Waals surface area contributed by atoms with Gasteiger partial charge in [0.15, 0.2) is 0 Å². The van der Waals surface area contributed by atoms with E-state index in [4.69, 9.17) is 0 Å². The van der Waals surface area contributed by atoms with E-state index in [-0.39, 0.29) is 0 Å². The van der Waals surface area contributed by atoms with E-state index in [9.17, 15) is 0 Å². The molecule has 0 spiro atoms. The summed E-state index contributed by atoms with van der Waals surface area (Å²) in [5.41, 5.74) is 1.30. The zero-order valence-electron chi connectivity index (χ0n) is 13.7. The Morgan fingerprint density at radius 3 is 2.83 bits per heavy atom. The van der Waals surface area contributed by atoms with Crippen LogP contribution in [0.3, 0.4) is 0 Å².